The van der Waals surface area contributed by atoms with E-state index in [0.717, 1.165) is 0 Å². The lowest BCUT2D eigenvalue weighted by atomic mass is 10.3. The summed E-state index contributed by atoms with van der Waals surface area (Å²) in [6.07, 6.45) is 0. The number of hydrogen-bond donors (Lipinski definition) is 2. The van der Waals surface area contributed by atoms with Crippen LogP contribution in [0.1, 0.15) is 20.8 Å². The lowest BCUT2D eigenvalue weighted by Crippen LogP contribution is -2.45. The van der Waals surface area contributed by atoms with Crippen LogP contribution in [0.2, 0.25) is 0 Å². The minimum absolute atomic E-state index is 0.00870. The minimum atomic E-state index is -0.0529. The number of rotatable bonds is 5. The van der Waals surface area contributed by atoms with Crippen LogP contribution in [-0.2, 0) is 4.79 Å². The fourth-order valence-corrected chi connectivity index (χ4v) is 1.13. The van der Waals surface area contributed by atoms with Gasteiger partial charge in [0, 0.05) is 6.04 Å². The molecule has 1 unspecified atom stereocenters. The van der Waals surface area contributed by atoms with E-state index in [-0.39, 0.29) is 18.0 Å². The Hall–Kier alpha value is -0.680. The second-order valence-corrected chi connectivity index (χ2v) is 4.19. The van der Waals surface area contributed by atoms with E-state index in [1.54, 1.807) is 0 Å². The van der Waals surface area contributed by atoms with Crippen molar-refractivity contribution in [3.8, 4) is 0 Å². The van der Waals surface area contributed by atoms with Gasteiger partial charge in [0.2, 0.25) is 5.91 Å². The number of likely N-dealkylation sites (N-methyl/N-ethyl adjacent to an activating group) is 1. The maximum Gasteiger partial charge on any atom is 0.234 e. The van der Waals surface area contributed by atoms with Gasteiger partial charge in [-0.05, 0) is 27.8 Å². The number of carbonyl (C=O) groups is 1. The summed E-state index contributed by atoms with van der Waals surface area (Å²) in [6.45, 7) is 6.05. The summed E-state index contributed by atoms with van der Waals surface area (Å²) in [4.78, 5) is 13.6. The van der Waals surface area contributed by atoms with E-state index in [4.69, 9.17) is 18.0 Å². The van der Waals surface area contributed by atoms with Crippen LogP contribution in [0, 0.1) is 0 Å². The number of nitrogens with one attached hydrogen (secondary N) is 1. The van der Waals surface area contributed by atoms with E-state index in [2.05, 4.69) is 5.32 Å². The second-order valence-electron chi connectivity index (χ2n) is 3.72. The summed E-state index contributed by atoms with van der Waals surface area (Å²) in [5.74, 6) is -0.00870. The van der Waals surface area contributed by atoms with Crippen LogP contribution in [-0.4, -0.2) is 41.5 Å². The normalized spacial score (nSPS) is 13.0. The number of nitrogens with two attached hydrogens (primary N) is 1. The van der Waals surface area contributed by atoms with Crippen LogP contribution < -0.4 is 11.1 Å². The van der Waals surface area contributed by atoms with Crippen molar-refractivity contribution in [3.63, 3.8) is 0 Å². The molecule has 1 atom stereocenters. The van der Waals surface area contributed by atoms with Gasteiger partial charge in [-0.3, -0.25) is 9.69 Å². The van der Waals surface area contributed by atoms with Crippen molar-refractivity contribution < 1.29 is 4.79 Å². The molecule has 82 valence electrons. The topological polar surface area (TPSA) is 58.4 Å². The molecule has 0 aliphatic heterocycles. The Labute approximate surface area is 90.8 Å². The van der Waals surface area contributed by atoms with Gasteiger partial charge in [0.05, 0.1) is 17.6 Å². The Morgan fingerprint density at radius 1 is 1.50 bits per heavy atom. The number of thiocarbonyl (C=S) groups is 1. The zero-order valence-corrected chi connectivity index (χ0v) is 10.0. The van der Waals surface area contributed by atoms with E-state index in [9.17, 15) is 4.79 Å². The molecule has 0 rings (SSSR count). The molecule has 1 amide bonds. The summed E-state index contributed by atoms with van der Waals surface area (Å²) >= 11 is 4.84. The van der Waals surface area contributed by atoms with Crippen molar-refractivity contribution >= 4 is 23.1 Å². The van der Waals surface area contributed by atoms with E-state index < -0.39 is 0 Å². The molecule has 0 aromatic carbocycles. The third-order valence-electron chi connectivity index (χ3n) is 1.92. The molecule has 0 radical (unpaired) electrons. The fraction of sp³-hybridized carbons (Fsp3) is 0.778. The zero-order valence-electron chi connectivity index (χ0n) is 9.20. The Bertz CT molecular complexity index is 218. The number of carbonyl (C=O) groups excluding carboxylic acids is 1. The van der Waals surface area contributed by atoms with Crippen molar-refractivity contribution in [1.29, 1.82) is 0 Å². The van der Waals surface area contributed by atoms with Gasteiger partial charge in [-0.25, -0.2) is 0 Å². The highest BCUT2D eigenvalue weighted by atomic mass is 32.1. The van der Waals surface area contributed by atoms with Gasteiger partial charge >= 0.3 is 0 Å². The Morgan fingerprint density at radius 2 is 2.00 bits per heavy atom. The molecule has 0 aromatic rings. The Balaban J connectivity index is 3.99. The monoisotopic (exact) mass is 217 g/mol. The number of nitrogens with zero attached hydrogens (tertiary/aromatic N) is 1. The highest BCUT2D eigenvalue weighted by Crippen LogP contribution is 1.95. The maximum absolute atomic E-state index is 11.4. The first-order valence-corrected chi connectivity index (χ1v) is 5.04. The van der Waals surface area contributed by atoms with Crippen molar-refractivity contribution in [2.45, 2.75) is 32.9 Å². The summed E-state index contributed by atoms with van der Waals surface area (Å²) in [5, 5.41) is 2.80. The smallest absolute Gasteiger partial charge is 0.234 e. The van der Waals surface area contributed by atoms with Crippen LogP contribution in [0.15, 0.2) is 0 Å². The molecule has 0 saturated carbocycles. The first kappa shape index (κ1) is 13.3. The SMILES string of the molecule is CC(C)NC(=O)CN(C)C(C)C(N)=S. The number of hydrogen-bond acceptors (Lipinski definition) is 3. The van der Waals surface area contributed by atoms with E-state index in [0.29, 0.717) is 11.5 Å². The molecule has 0 bridgehead atoms. The lowest BCUT2D eigenvalue weighted by Gasteiger charge is -2.23. The molecule has 0 fully saturated rings. The maximum atomic E-state index is 11.4. The van der Waals surface area contributed by atoms with Gasteiger partial charge in [0.1, 0.15) is 0 Å². The van der Waals surface area contributed by atoms with Gasteiger partial charge in [0.25, 0.3) is 0 Å². The molecule has 0 aromatic heterocycles. The van der Waals surface area contributed by atoms with Crippen molar-refractivity contribution in [1.82, 2.24) is 10.2 Å². The Morgan fingerprint density at radius 3 is 2.36 bits per heavy atom. The average Bonchev–Trinajstić information content (AvgIpc) is 2.00. The van der Waals surface area contributed by atoms with E-state index in [1.165, 1.54) is 0 Å². The quantitative estimate of drug-likeness (QED) is 0.642. The number of amides is 1. The largest absolute Gasteiger partial charge is 0.392 e. The summed E-state index contributed by atoms with van der Waals surface area (Å²) in [5.41, 5.74) is 5.47. The molecule has 0 heterocycles. The fourth-order valence-electron chi connectivity index (χ4n) is 0.948. The molecule has 3 N–H and O–H groups in total. The first-order valence-electron chi connectivity index (χ1n) is 4.63. The van der Waals surface area contributed by atoms with Crippen LogP contribution in [0.25, 0.3) is 0 Å². The van der Waals surface area contributed by atoms with Gasteiger partial charge in [-0.1, -0.05) is 12.2 Å². The minimum Gasteiger partial charge on any atom is -0.392 e. The van der Waals surface area contributed by atoms with Gasteiger partial charge in [-0.15, -0.1) is 0 Å². The molecule has 0 aliphatic rings. The van der Waals surface area contributed by atoms with Crippen molar-refractivity contribution in [2.75, 3.05) is 13.6 Å². The van der Waals surface area contributed by atoms with Crippen LogP contribution >= 0.6 is 12.2 Å². The average molecular weight is 217 g/mol. The van der Waals surface area contributed by atoms with Crippen LogP contribution in [0.3, 0.4) is 0 Å². The third kappa shape index (κ3) is 5.14. The van der Waals surface area contributed by atoms with Crippen molar-refractivity contribution in [3.05, 3.63) is 0 Å². The lowest BCUT2D eigenvalue weighted by molar-refractivity contribution is -0.122. The standard InChI is InChI=1S/C9H19N3OS/c1-6(2)11-8(13)5-12(4)7(3)9(10)14/h6-7H,5H2,1-4H3,(H2,10,14)(H,11,13). The molecule has 4 nitrogen and oxygen atoms in total. The molecule has 14 heavy (non-hydrogen) atoms. The first-order chi connectivity index (χ1) is 6.34. The molecule has 0 saturated heterocycles. The predicted molar refractivity (Wildman–Crippen MR) is 62.2 cm³/mol. The van der Waals surface area contributed by atoms with Crippen molar-refractivity contribution in [2.24, 2.45) is 5.73 Å². The zero-order chi connectivity index (χ0) is 11.3. The molecule has 5 heteroatoms. The van der Waals surface area contributed by atoms with E-state index in [1.807, 2.05) is 32.7 Å². The summed E-state index contributed by atoms with van der Waals surface area (Å²) < 4.78 is 0. The van der Waals surface area contributed by atoms with Gasteiger partial charge < -0.3 is 11.1 Å². The van der Waals surface area contributed by atoms with Crippen LogP contribution in [0.4, 0.5) is 0 Å². The molecule has 0 aliphatic carbocycles. The highest BCUT2D eigenvalue weighted by Gasteiger charge is 2.15. The Kier molecular flexibility index (Phi) is 5.64. The van der Waals surface area contributed by atoms with Gasteiger partial charge in [-0.2, -0.15) is 0 Å². The third-order valence-corrected chi connectivity index (χ3v) is 2.26. The van der Waals surface area contributed by atoms with Gasteiger partial charge in [0.15, 0.2) is 0 Å². The molecule has 0 spiro atoms. The van der Waals surface area contributed by atoms with E-state index >= 15 is 0 Å². The molecular weight excluding hydrogens is 198 g/mol. The highest BCUT2D eigenvalue weighted by molar-refractivity contribution is 7.80. The summed E-state index contributed by atoms with van der Waals surface area (Å²) in [6, 6.07) is 0.110. The van der Waals surface area contributed by atoms with Crippen LogP contribution in [0.5, 0.6) is 0 Å². The summed E-state index contributed by atoms with van der Waals surface area (Å²) in [7, 11) is 1.82. The molecular formula is C9H19N3OS. The second kappa shape index (κ2) is 5.93. The predicted octanol–water partition coefficient (Wildman–Crippen LogP) is 0.117.